The largest absolute Gasteiger partial charge is 0.456 e. The third-order valence-corrected chi connectivity index (χ3v) is 5.31. The van der Waals surface area contributed by atoms with Gasteiger partial charge in [0.25, 0.3) is 0 Å². The van der Waals surface area contributed by atoms with Crippen LogP contribution in [0.4, 0.5) is 0 Å². The van der Waals surface area contributed by atoms with Gasteiger partial charge in [-0.3, -0.25) is 0 Å². The van der Waals surface area contributed by atoms with Gasteiger partial charge in [0.15, 0.2) is 0 Å². The monoisotopic (exact) mass is 386 g/mol. The average Bonchev–Trinajstić information content (AvgIpc) is 2.84. The van der Waals surface area contributed by atoms with E-state index in [1.54, 1.807) is 0 Å². The lowest BCUT2D eigenvalue weighted by atomic mass is 9.97. The van der Waals surface area contributed by atoms with Gasteiger partial charge in [-0.1, -0.05) is 19.9 Å². The molecule has 0 aromatic heterocycles. The molecule has 0 aliphatic heterocycles. The molecule has 1 atom stereocenters. The van der Waals surface area contributed by atoms with Gasteiger partial charge in [0, 0.05) is 3.57 Å². The molecule has 0 radical (unpaired) electrons. The second-order valence-corrected chi connectivity index (χ2v) is 7.25. The molecule has 3 heteroatoms. The van der Waals surface area contributed by atoms with Crippen molar-refractivity contribution in [1.82, 2.24) is 0 Å². The topological polar surface area (TPSA) is 26.3 Å². The van der Waals surface area contributed by atoms with E-state index in [1.165, 1.54) is 5.56 Å². The minimum absolute atomic E-state index is 0.178. The van der Waals surface area contributed by atoms with Crippen LogP contribution in [0.15, 0.2) is 18.2 Å². The first kappa shape index (κ1) is 15.8. The van der Waals surface area contributed by atoms with Crippen LogP contribution in [0.25, 0.3) is 0 Å². The van der Waals surface area contributed by atoms with E-state index in [-0.39, 0.29) is 11.6 Å². The molecular weight excluding hydrogens is 363 g/mol. The van der Waals surface area contributed by atoms with E-state index in [0.717, 1.165) is 35.7 Å². The van der Waals surface area contributed by atoms with Crippen molar-refractivity contribution in [3.63, 3.8) is 0 Å². The van der Waals surface area contributed by atoms with Crippen molar-refractivity contribution in [3.8, 4) is 0 Å². The molecule has 2 nitrogen and oxygen atoms in total. The summed E-state index contributed by atoms with van der Waals surface area (Å²) < 4.78 is 6.88. The van der Waals surface area contributed by atoms with Crippen molar-refractivity contribution in [1.29, 1.82) is 0 Å². The SMILES string of the molecule is CCC(C)c1ccc(C(=O)OC2(C)CCCC2)cc1I. The third-order valence-electron chi connectivity index (χ3n) is 4.38. The molecule has 0 N–H and O–H groups in total. The zero-order chi connectivity index (χ0) is 14.8. The standard InChI is InChI=1S/C17H23IO2/c1-4-12(2)14-8-7-13(11-15(14)18)16(19)20-17(3)9-5-6-10-17/h7-8,11-12H,4-6,9-10H2,1-3H3. The lowest BCUT2D eigenvalue weighted by Crippen LogP contribution is -2.28. The summed E-state index contributed by atoms with van der Waals surface area (Å²) in [6.07, 6.45) is 5.40. The quantitative estimate of drug-likeness (QED) is 0.519. The second kappa shape index (κ2) is 6.46. The summed E-state index contributed by atoms with van der Waals surface area (Å²) in [6.45, 7) is 6.45. The Morgan fingerprint density at radius 2 is 2.05 bits per heavy atom. The second-order valence-electron chi connectivity index (χ2n) is 6.09. The van der Waals surface area contributed by atoms with E-state index in [0.29, 0.717) is 11.5 Å². The fourth-order valence-electron chi connectivity index (χ4n) is 2.78. The van der Waals surface area contributed by atoms with Gasteiger partial charge < -0.3 is 4.74 Å². The molecule has 20 heavy (non-hydrogen) atoms. The van der Waals surface area contributed by atoms with Crippen LogP contribution in [0, 0.1) is 3.57 Å². The van der Waals surface area contributed by atoms with Gasteiger partial charge in [-0.05, 0) is 85.2 Å². The number of hydrogen-bond acceptors (Lipinski definition) is 2. The highest BCUT2D eigenvalue weighted by atomic mass is 127. The molecule has 1 aliphatic rings. The smallest absolute Gasteiger partial charge is 0.338 e. The van der Waals surface area contributed by atoms with Crippen molar-refractivity contribution >= 4 is 28.6 Å². The lowest BCUT2D eigenvalue weighted by molar-refractivity contribution is -0.00609. The number of halogens is 1. The fourth-order valence-corrected chi connectivity index (χ4v) is 3.83. The van der Waals surface area contributed by atoms with Crippen molar-refractivity contribution in [2.24, 2.45) is 0 Å². The van der Waals surface area contributed by atoms with Crippen molar-refractivity contribution in [3.05, 3.63) is 32.9 Å². The molecule has 1 aromatic rings. The minimum Gasteiger partial charge on any atom is -0.456 e. The Morgan fingerprint density at radius 1 is 1.40 bits per heavy atom. The number of esters is 1. The summed E-state index contributed by atoms with van der Waals surface area (Å²) in [5, 5.41) is 0. The van der Waals surface area contributed by atoms with Gasteiger partial charge in [-0.2, -0.15) is 0 Å². The molecular formula is C17H23IO2. The number of ether oxygens (including phenoxy) is 1. The van der Waals surface area contributed by atoms with Gasteiger partial charge in [-0.15, -0.1) is 0 Å². The normalized spacial score (nSPS) is 18.8. The van der Waals surface area contributed by atoms with E-state index >= 15 is 0 Å². The zero-order valence-corrected chi connectivity index (χ0v) is 14.7. The van der Waals surface area contributed by atoms with E-state index < -0.39 is 0 Å². The fraction of sp³-hybridized carbons (Fsp3) is 0.588. The van der Waals surface area contributed by atoms with Gasteiger partial charge in [-0.25, -0.2) is 4.79 Å². The summed E-state index contributed by atoms with van der Waals surface area (Å²) in [7, 11) is 0. The number of benzene rings is 1. The van der Waals surface area contributed by atoms with Crippen LogP contribution in [0.5, 0.6) is 0 Å². The van der Waals surface area contributed by atoms with Crippen molar-refractivity contribution < 1.29 is 9.53 Å². The van der Waals surface area contributed by atoms with Crippen LogP contribution in [0.2, 0.25) is 0 Å². The lowest BCUT2D eigenvalue weighted by Gasteiger charge is -2.24. The maximum atomic E-state index is 12.3. The van der Waals surface area contributed by atoms with E-state index in [2.05, 4.69) is 49.4 Å². The predicted octanol–water partition coefficient (Wildman–Crippen LogP) is 5.29. The summed E-state index contributed by atoms with van der Waals surface area (Å²) in [4.78, 5) is 12.3. The van der Waals surface area contributed by atoms with Gasteiger partial charge >= 0.3 is 5.97 Å². The average molecular weight is 386 g/mol. The Kier molecular flexibility index (Phi) is 5.10. The Morgan fingerprint density at radius 3 is 2.60 bits per heavy atom. The van der Waals surface area contributed by atoms with E-state index in [1.807, 2.05) is 12.1 Å². The Hall–Kier alpha value is -0.580. The molecule has 2 rings (SSSR count). The number of rotatable bonds is 4. The molecule has 0 amide bonds. The van der Waals surface area contributed by atoms with Crippen LogP contribution >= 0.6 is 22.6 Å². The first-order valence-corrected chi connectivity index (χ1v) is 8.56. The van der Waals surface area contributed by atoms with Crippen LogP contribution in [-0.2, 0) is 4.74 Å². The van der Waals surface area contributed by atoms with Crippen LogP contribution in [-0.4, -0.2) is 11.6 Å². The molecule has 1 fully saturated rings. The van der Waals surface area contributed by atoms with E-state index in [9.17, 15) is 4.79 Å². The van der Waals surface area contributed by atoms with Crippen LogP contribution in [0.1, 0.15) is 74.7 Å². The number of carbonyl (C=O) groups excluding carboxylic acids is 1. The van der Waals surface area contributed by atoms with Crippen molar-refractivity contribution in [2.45, 2.75) is 64.4 Å². The Labute approximate surface area is 135 Å². The molecule has 0 bridgehead atoms. The predicted molar refractivity (Wildman–Crippen MR) is 90.2 cm³/mol. The number of hydrogen-bond donors (Lipinski definition) is 0. The summed E-state index contributed by atoms with van der Waals surface area (Å²) >= 11 is 2.32. The summed E-state index contributed by atoms with van der Waals surface area (Å²) in [5.74, 6) is 0.349. The highest BCUT2D eigenvalue weighted by molar-refractivity contribution is 14.1. The molecule has 110 valence electrons. The first-order chi connectivity index (χ1) is 9.45. The Bertz CT molecular complexity index is 490. The van der Waals surface area contributed by atoms with Gasteiger partial charge in [0.2, 0.25) is 0 Å². The highest BCUT2D eigenvalue weighted by Crippen LogP contribution is 2.33. The van der Waals surface area contributed by atoms with Crippen molar-refractivity contribution in [2.75, 3.05) is 0 Å². The molecule has 0 spiro atoms. The van der Waals surface area contributed by atoms with Crippen LogP contribution in [0.3, 0.4) is 0 Å². The summed E-state index contributed by atoms with van der Waals surface area (Å²) in [5.41, 5.74) is 1.74. The molecule has 1 saturated carbocycles. The third kappa shape index (κ3) is 3.54. The molecule has 1 aromatic carbocycles. The maximum Gasteiger partial charge on any atom is 0.338 e. The molecule has 0 heterocycles. The molecule has 0 saturated heterocycles. The first-order valence-electron chi connectivity index (χ1n) is 7.48. The van der Waals surface area contributed by atoms with E-state index in [4.69, 9.17) is 4.74 Å². The Balaban J connectivity index is 2.13. The zero-order valence-electron chi connectivity index (χ0n) is 12.5. The van der Waals surface area contributed by atoms with Gasteiger partial charge in [0.1, 0.15) is 5.60 Å². The minimum atomic E-state index is -0.252. The number of carbonyl (C=O) groups is 1. The van der Waals surface area contributed by atoms with Gasteiger partial charge in [0.05, 0.1) is 5.56 Å². The maximum absolute atomic E-state index is 12.3. The highest BCUT2D eigenvalue weighted by Gasteiger charge is 2.32. The molecule has 1 unspecified atom stereocenters. The summed E-state index contributed by atoms with van der Waals surface area (Å²) in [6, 6.07) is 5.94. The molecule has 1 aliphatic carbocycles. The van der Waals surface area contributed by atoms with Crippen LogP contribution < -0.4 is 0 Å².